The SMILES string of the molecule is Cc1ccc(-c2nc3sc(-c4ccc(C)cc4)nc3s2)cc1. The first kappa shape index (κ1) is 13.6. The van der Waals surface area contributed by atoms with E-state index in [4.69, 9.17) is 9.97 Å². The molecule has 0 radical (unpaired) electrons. The number of benzene rings is 2. The highest BCUT2D eigenvalue weighted by atomic mass is 32.1. The minimum Gasteiger partial charge on any atom is -0.223 e. The van der Waals surface area contributed by atoms with E-state index in [1.165, 1.54) is 11.1 Å². The van der Waals surface area contributed by atoms with E-state index in [-0.39, 0.29) is 0 Å². The fourth-order valence-electron chi connectivity index (χ4n) is 2.28. The Morgan fingerprint density at radius 1 is 0.591 bits per heavy atom. The molecular formula is C18H14N2S2. The molecule has 0 aliphatic rings. The molecule has 0 N–H and O–H groups in total. The molecule has 4 heteroatoms. The van der Waals surface area contributed by atoms with Crippen molar-refractivity contribution in [2.75, 3.05) is 0 Å². The Bertz CT molecular complexity index is 825. The Morgan fingerprint density at radius 2 is 0.955 bits per heavy atom. The monoisotopic (exact) mass is 322 g/mol. The molecule has 0 saturated heterocycles. The summed E-state index contributed by atoms with van der Waals surface area (Å²) in [7, 11) is 0. The first-order valence-corrected chi connectivity index (χ1v) is 8.74. The third-order valence-electron chi connectivity index (χ3n) is 3.57. The van der Waals surface area contributed by atoms with Gasteiger partial charge >= 0.3 is 0 Å². The lowest BCUT2D eigenvalue weighted by atomic mass is 10.2. The van der Waals surface area contributed by atoms with Crippen LogP contribution < -0.4 is 0 Å². The number of rotatable bonds is 2. The summed E-state index contributed by atoms with van der Waals surface area (Å²) in [4.78, 5) is 11.6. The molecule has 0 spiro atoms. The molecule has 2 nitrogen and oxygen atoms in total. The van der Waals surface area contributed by atoms with Crippen molar-refractivity contribution in [3.8, 4) is 21.1 Å². The third-order valence-corrected chi connectivity index (χ3v) is 5.70. The van der Waals surface area contributed by atoms with Crippen LogP contribution in [0.1, 0.15) is 11.1 Å². The van der Waals surface area contributed by atoms with Gasteiger partial charge < -0.3 is 0 Å². The van der Waals surface area contributed by atoms with Gasteiger partial charge in [0.05, 0.1) is 0 Å². The highest BCUT2D eigenvalue weighted by Gasteiger charge is 2.12. The Balaban J connectivity index is 1.73. The summed E-state index contributed by atoms with van der Waals surface area (Å²) in [6, 6.07) is 17.0. The van der Waals surface area contributed by atoms with Gasteiger partial charge in [-0.25, -0.2) is 9.97 Å². The summed E-state index contributed by atoms with van der Waals surface area (Å²) in [5, 5.41) is 2.09. The highest BCUT2D eigenvalue weighted by Crippen LogP contribution is 2.36. The number of aryl methyl sites for hydroxylation is 2. The van der Waals surface area contributed by atoms with E-state index in [1.807, 2.05) is 0 Å². The van der Waals surface area contributed by atoms with E-state index in [1.54, 1.807) is 22.7 Å². The predicted molar refractivity (Wildman–Crippen MR) is 95.6 cm³/mol. The molecule has 2 aromatic carbocycles. The maximum Gasteiger partial charge on any atom is 0.155 e. The van der Waals surface area contributed by atoms with E-state index in [0.717, 1.165) is 30.8 Å². The van der Waals surface area contributed by atoms with Gasteiger partial charge in [-0.3, -0.25) is 0 Å². The van der Waals surface area contributed by atoms with Crippen molar-refractivity contribution in [3.05, 3.63) is 59.7 Å². The zero-order chi connectivity index (χ0) is 15.1. The summed E-state index contributed by atoms with van der Waals surface area (Å²) in [6.45, 7) is 4.19. The molecule has 0 amide bonds. The molecule has 108 valence electrons. The molecule has 0 saturated carbocycles. The van der Waals surface area contributed by atoms with Gasteiger partial charge in [-0.2, -0.15) is 0 Å². The molecule has 0 unspecified atom stereocenters. The Morgan fingerprint density at radius 3 is 1.32 bits per heavy atom. The molecule has 2 aromatic heterocycles. The summed E-state index contributed by atoms with van der Waals surface area (Å²) in [5.41, 5.74) is 4.86. The smallest absolute Gasteiger partial charge is 0.155 e. The number of hydrogen-bond donors (Lipinski definition) is 0. The largest absolute Gasteiger partial charge is 0.223 e. The zero-order valence-electron chi connectivity index (χ0n) is 12.3. The van der Waals surface area contributed by atoms with Crippen LogP contribution in [0.15, 0.2) is 48.5 Å². The predicted octanol–water partition coefficient (Wildman–Crippen LogP) is 5.70. The van der Waals surface area contributed by atoms with E-state index < -0.39 is 0 Å². The molecule has 22 heavy (non-hydrogen) atoms. The highest BCUT2D eigenvalue weighted by molar-refractivity contribution is 7.29. The summed E-state index contributed by atoms with van der Waals surface area (Å²) in [5.74, 6) is 0. The molecule has 4 rings (SSSR count). The number of hydrogen-bond acceptors (Lipinski definition) is 4. The van der Waals surface area contributed by atoms with Crippen molar-refractivity contribution in [3.63, 3.8) is 0 Å². The van der Waals surface area contributed by atoms with Crippen LogP contribution in [0.5, 0.6) is 0 Å². The second-order valence-electron chi connectivity index (χ2n) is 5.38. The van der Waals surface area contributed by atoms with Gasteiger partial charge in [-0.05, 0) is 13.8 Å². The summed E-state index contributed by atoms with van der Waals surface area (Å²) in [6.07, 6.45) is 0. The average Bonchev–Trinajstić information content (AvgIpc) is 3.07. The van der Waals surface area contributed by atoms with Crippen molar-refractivity contribution in [1.29, 1.82) is 0 Å². The second kappa shape index (κ2) is 5.30. The number of nitrogens with zero attached hydrogens (tertiary/aromatic N) is 2. The second-order valence-corrected chi connectivity index (χ2v) is 7.34. The minimum absolute atomic E-state index is 1.02. The van der Waals surface area contributed by atoms with Crippen LogP contribution in [0.4, 0.5) is 0 Å². The van der Waals surface area contributed by atoms with Gasteiger partial charge in [0, 0.05) is 11.1 Å². The Hall–Kier alpha value is -2.04. The Labute approximate surface area is 137 Å². The fraction of sp³-hybridized carbons (Fsp3) is 0.111. The lowest BCUT2D eigenvalue weighted by molar-refractivity contribution is 1.44. The zero-order valence-corrected chi connectivity index (χ0v) is 14.0. The first-order valence-electron chi connectivity index (χ1n) is 7.10. The first-order chi connectivity index (χ1) is 10.7. The molecule has 0 fully saturated rings. The number of thiazole rings is 2. The van der Waals surface area contributed by atoms with Crippen molar-refractivity contribution in [2.24, 2.45) is 0 Å². The van der Waals surface area contributed by atoms with Crippen LogP contribution in [-0.4, -0.2) is 9.97 Å². The van der Waals surface area contributed by atoms with Crippen LogP contribution in [0, 0.1) is 13.8 Å². The number of aromatic nitrogens is 2. The molecular weight excluding hydrogens is 308 g/mol. The summed E-state index contributed by atoms with van der Waals surface area (Å²) >= 11 is 3.33. The lowest BCUT2D eigenvalue weighted by Gasteiger charge is -1.97. The lowest BCUT2D eigenvalue weighted by Crippen LogP contribution is -1.77. The third kappa shape index (κ3) is 2.45. The van der Waals surface area contributed by atoms with E-state index in [2.05, 4.69) is 62.4 Å². The fourth-order valence-corrected chi connectivity index (χ4v) is 4.33. The van der Waals surface area contributed by atoms with E-state index >= 15 is 0 Å². The Kier molecular flexibility index (Phi) is 3.28. The maximum absolute atomic E-state index is 4.75. The maximum atomic E-state index is 4.75. The molecule has 0 atom stereocenters. The molecule has 2 heterocycles. The van der Waals surface area contributed by atoms with Crippen LogP contribution in [0.3, 0.4) is 0 Å². The van der Waals surface area contributed by atoms with Gasteiger partial charge in [-0.1, -0.05) is 82.3 Å². The van der Waals surface area contributed by atoms with Crippen molar-refractivity contribution in [2.45, 2.75) is 13.8 Å². The van der Waals surface area contributed by atoms with Gasteiger partial charge in [0.1, 0.15) is 10.0 Å². The molecule has 0 aliphatic carbocycles. The van der Waals surface area contributed by atoms with Crippen molar-refractivity contribution < 1.29 is 0 Å². The van der Waals surface area contributed by atoms with E-state index in [9.17, 15) is 0 Å². The molecule has 0 aliphatic heterocycles. The van der Waals surface area contributed by atoms with Crippen LogP contribution >= 0.6 is 22.7 Å². The normalized spacial score (nSPS) is 11.2. The van der Waals surface area contributed by atoms with Crippen molar-refractivity contribution in [1.82, 2.24) is 9.97 Å². The summed E-state index contributed by atoms with van der Waals surface area (Å²) < 4.78 is 0. The quantitative estimate of drug-likeness (QED) is 0.473. The minimum atomic E-state index is 1.02. The average molecular weight is 322 g/mol. The molecule has 4 aromatic rings. The van der Waals surface area contributed by atoms with Crippen LogP contribution in [0.2, 0.25) is 0 Å². The molecule has 0 bridgehead atoms. The van der Waals surface area contributed by atoms with Crippen LogP contribution in [0.25, 0.3) is 30.8 Å². The van der Waals surface area contributed by atoms with Gasteiger partial charge in [0.2, 0.25) is 0 Å². The van der Waals surface area contributed by atoms with Gasteiger partial charge in [0.25, 0.3) is 0 Å². The van der Waals surface area contributed by atoms with Crippen LogP contribution in [-0.2, 0) is 0 Å². The standard InChI is InChI=1S/C18H14N2S2/c1-11-3-7-13(8-4-11)15-19-17-18(21-15)20-16(22-17)14-9-5-12(2)6-10-14/h3-10H,1-2H3. The van der Waals surface area contributed by atoms with E-state index in [0.29, 0.717) is 0 Å². The number of fused-ring (bicyclic) bond motifs is 1. The van der Waals surface area contributed by atoms with Gasteiger partial charge in [0.15, 0.2) is 9.66 Å². The topological polar surface area (TPSA) is 25.8 Å². The van der Waals surface area contributed by atoms with Gasteiger partial charge in [-0.15, -0.1) is 0 Å². The van der Waals surface area contributed by atoms with Crippen molar-refractivity contribution >= 4 is 32.3 Å².